The Morgan fingerprint density at radius 1 is 1.20 bits per heavy atom. The van der Waals surface area contributed by atoms with Crippen LogP contribution in [0.5, 0.6) is 0 Å². The summed E-state index contributed by atoms with van der Waals surface area (Å²) in [5.74, 6) is 0. The first-order valence-electron chi connectivity index (χ1n) is 9.17. The number of thioether (sulfide) groups is 1. The number of fused-ring (bicyclic) bond motifs is 1. The number of unbranched alkanes of at least 4 members (excludes halogenated alkanes) is 1. The fraction of sp³-hybridized carbons (Fsp3) is 0.350. The summed E-state index contributed by atoms with van der Waals surface area (Å²) >= 11 is 1.93. The summed E-state index contributed by atoms with van der Waals surface area (Å²) in [5, 5.41) is 16.5. The average molecular weight is 350 g/mol. The molecule has 1 aliphatic heterocycles. The van der Waals surface area contributed by atoms with Gasteiger partial charge in [0, 0.05) is 15.8 Å². The highest BCUT2D eigenvalue weighted by molar-refractivity contribution is 8.00. The lowest BCUT2D eigenvalue weighted by Crippen LogP contribution is -2.51. The summed E-state index contributed by atoms with van der Waals surface area (Å²) in [5.41, 5.74) is 4.07. The first-order valence-corrected chi connectivity index (χ1v) is 10.0. The Morgan fingerprint density at radius 3 is 2.84 bits per heavy atom. The minimum absolute atomic E-state index is 0.734. The molecule has 2 aliphatic rings. The van der Waals surface area contributed by atoms with Crippen molar-refractivity contribution < 1.29 is 5.02 Å². The van der Waals surface area contributed by atoms with Crippen molar-refractivity contribution in [2.45, 2.75) is 49.2 Å². The monoisotopic (exact) mass is 350 g/mol. The summed E-state index contributed by atoms with van der Waals surface area (Å²) in [6.07, 6.45) is 5.81. The van der Waals surface area contributed by atoms with E-state index in [0.717, 1.165) is 46.9 Å². The maximum absolute atomic E-state index is 10.9. The van der Waals surface area contributed by atoms with Crippen molar-refractivity contribution in [3.63, 3.8) is 0 Å². The van der Waals surface area contributed by atoms with E-state index in [1.807, 2.05) is 36.0 Å². The van der Waals surface area contributed by atoms with Crippen LogP contribution in [0.15, 0.2) is 58.5 Å². The van der Waals surface area contributed by atoms with Gasteiger partial charge in [0.05, 0.1) is 5.71 Å². The highest BCUT2D eigenvalue weighted by Crippen LogP contribution is 2.40. The predicted molar refractivity (Wildman–Crippen MR) is 108 cm³/mol. The standard InChI is InChI=1S/C20H23BN2OS/c1-2-3-11-20-18-9-4-5-10-19(18)21(24)23(22-20)15-7-6-8-17(14-15)25-16-12-13-16/h4-10,14,16,24H,2-3,11-13H2,1H3. The Kier molecular flexibility index (Phi) is 4.86. The number of nitrogens with zero attached hydrogens (tertiary/aromatic N) is 2. The van der Waals surface area contributed by atoms with E-state index in [0.29, 0.717) is 0 Å². The molecule has 2 aromatic carbocycles. The van der Waals surface area contributed by atoms with Gasteiger partial charge in [0.15, 0.2) is 0 Å². The second-order valence-corrected chi connectivity index (χ2v) is 8.14. The largest absolute Gasteiger partial charge is 0.471 e. The molecule has 0 unspecified atom stereocenters. The van der Waals surface area contributed by atoms with Gasteiger partial charge in [-0.1, -0.05) is 43.7 Å². The van der Waals surface area contributed by atoms with Crippen molar-refractivity contribution in [2.24, 2.45) is 5.10 Å². The second kappa shape index (κ2) is 7.26. The topological polar surface area (TPSA) is 35.8 Å². The lowest BCUT2D eigenvalue weighted by molar-refractivity contribution is 0.577. The molecule has 0 aromatic heterocycles. The van der Waals surface area contributed by atoms with Gasteiger partial charge in [0.1, 0.15) is 0 Å². The van der Waals surface area contributed by atoms with Crippen LogP contribution in [-0.4, -0.2) is 23.0 Å². The van der Waals surface area contributed by atoms with Gasteiger partial charge in [0.2, 0.25) is 0 Å². The van der Waals surface area contributed by atoms with Crippen molar-refractivity contribution in [2.75, 3.05) is 4.92 Å². The van der Waals surface area contributed by atoms with Gasteiger partial charge in [0.25, 0.3) is 0 Å². The maximum Gasteiger partial charge on any atom is 0.471 e. The van der Waals surface area contributed by atoms with E-state index in [4.69, 9.17) is 5.10 Å². The molecular weight excluding hydrogens is 327 g/mol. The van der Waals surface area contributed by atoms with Gasteiger partial charge in [-0.05, 0) is 54.9 Å². The third-order valence-electron chi connectivity index (χ3n) is 4.69. The lowest BCUT2D eigenvalue weighted by atomic mass is 9.68. The highest BCUT2D eigenvalue weighted by Gasteiger charge is 2.33. The molecule has 0 radical (unpaired) electrons. The van der Waals surface area contributed by atoms with Crippen molar-refractivity contribution in [3.8, 4) is 0 Å². The summed E-state index contributed by atoms with van der Waals surface area (Å²) in [6, 6.07) is 16.5. The third kappa shape index (κ3) is 3.63. The van der Waals surface area contributed by atoms with E-state index < -0.39 is 7.05 Å². The lowest BCUT2D eigenvalue weighted by Gasteiger charge is -2.30. The van der Waals surface area contributed by atoms with Crippen molar-refractivity contribution >= 4 is 35.7 Å². The molecule has 1 saturated carbocycles. The van der Waals surface area contributed by atoms with Gasteiger partial charge in [-0.3, -0.25) is 4.92 Å². The zero-order chi connectivity index (χ0) is 17.2. The second-order valence-electron chi connectivity index (χ2n) is 6.77. The molecule has 1 heterocycles. The molecule has 0 saturated heterocycles. The van der Waals surface area contributed by atoms with Gasteiger partial charge >= 0.3 is 7.05 Å². The number of rotatable bonds is 6. The van der Waals surface area contributed by atoms with Crippen LogP contribution in [0.4, 0.5) is 5.69 Å². The molecule has 3 nitrogen and oxygen atoms in total. The van der Waals surface area contributed by atoms with Crippen molar-refractivity contribution in [1.29, 1.82) is 0 Å². The van der Waals surface area contributed by atoms with Gasteiger partial charge in [-0.25, -0.2) is 0 Å². The van der Waals surface area contributed by atoms with E-state index in [9.17, 15) is 5.02 Å². The normalized spacial score (nSPS) is 16.6. The van der Waals surface area contributed by atoms with Crippen LogP contribution >= 0.6 is 11.8 Å². The van der Waals surface area contributed by atoms with Crippen LogP contribution in [-0.2, 0) is 0 Å². The van der Waals surface area contributed by atoms with Gasteiger partial charge < -0.3 is 5.02 Å². The zero-order valence-corrected chi connectivity index (χ0v) is 15.4. The van der Waals surface area contributed by atoms with Gasteiger partial charge in [-0.2, -0.15) is 5.10 Å². The minimum atomic E-state index is -0.734. The molecule has 1 fully saturated rings. The van der Waals surface area contributed by atoms with E-state index in [2.05, 4.69) is 31.2 Å². The first kappa shape index (κ1) is 16.7. The van der Waals surface area contributed by atoms with E-state index in [1.165, 1.54) is 17.7 Å². The predicted octanol–water partition coefficient (Wildman–Crippen LogP) is 4.04. The molecule has 5 heteroatoms. The summed E-state index contributed by atoms with van der Waals surface area (Å²) < 4.78 is 0. The molecule has 1 aliphatic carbocycles. The number of anilines is 1. The highest BCUT2D eigenvalue weighted by atomic mass is 32.2. The minimum Gasteiger partial charge on any atom is -0.427 e. The smallest absolute Gasteiger partial charge is 0.427 e. The molecule has 2 aromatic rings. The Balaban J connectivity index is 1.68. The molecule has 4 rings (SSSR count). The van der Waals surface area contributed by atoms with Crippen LogP contribution in [0.2, 0.25) is 0 Å². The molecule has 0 spiro atoms. The number of hydrogen-bond acceptors (Lipinski definition) is 4. The van der Waals surface area contributed by atoms with Crippen molar-refractivity contribution in [3.05, 3.63) is 54.1 Å². The Bertz CT molecular complexity index is 791. The molecule has 0 atom stereocenters. The molecule has 1 N–H and O–H groups in total. The average Bonchev–Trinajstić information content (AvgIpc) is 3.45. The SMILES string of the molecule is CCCCC1=NN(c2cccc(SC3CC3)c2)B(O)c2ccccc21. The number of hydrazone groups is 1. The summed E-state index contributed by atoms with van der Waals surface area (Å²) in [6.45, 7) is 2.19. The molecule has 0 bridgehead atoms. The molecule has 0 amide bonds. The molecule has 25 heavy (non-hydrogen) atoms. The third-order valence-corrected chi connectivity index (χ3v) is 6.02. The van der Waals surface area contributed by atoms with Crippen LogP contribution in [0.3, 0.4) is 0 Å². The maximum atomic E-state index is 10.9. The Hall–Kier alpha value is -1.72. The van der Waals surface area contributed by atoms with Gasteiger partial charge in [-0.15, -0.1) is 11.8 Å². The quantitative estimate of drug-likeness (QED) is 0.799. The van der Waals surface area contributed by atoms with Crippen LogP contribution < -0.4 is 10.4 Å². The number of benzene rings is 2. The summed E-state index contributed by atoms with van der Waals surface area (Å²) in [4.78, 5) is 3.04. The van der Waals surface area contributed by atoms with Crippen LogP contribution in [0.25, 0.3) is 0 Å². The first-order chi connectivity index (χ1) is 12.3. The number of hydrogen-bond donors (Lipinski definition) is 1. The van der Waals surface area contributed by atoms with E-state index >= 15 is 0 Å². The fourth-order valence-electron chi connectivity index (χ4n) is 3.16. The molecule has 128 valence electrons. The van der Waals surface area contributed by atoms with Crippen molar-refractivity contribution in [1.82, 2.24) is 0 Å². The Labute approximate surface area is 154 Å². The van der Waals surface area contributed by atoms with Crippen LogP contribution in [0, 0.1) is 0 Å². The molecular formula is C20H23BN2OS. The fourth-order valence-corrected chi connectivity index (χ4v) is 4.26. The summed E-state index contributed by atoms with van der Waals surface area (Å²) in [7, 11) is -0.734. The van der Waals surface area contributed by atoms with Crippen LogP contribution in [0.1, 0.15) is 44.6 Å². The van der Waals surface area contributed by atoms with E-state index in [-0.39, 0.29) is 0 Å². The van der Waals surface area contributed by atoms with E-state index in [1.54, 1.807) is 4.92 Å². The Morgan fingerprint density at radius 2 is 2.04 bits per heavy atom. The zero-order valence-electron chi connectivity index (χ0n) is 14.6.